The van der Waals surface area contributed by atoms with E-state index in [1.54, 1.807) is 0 Å². The van der Waals surface area contributed by atoms with Crippen LogP contribution in [0.15, 0.2) is 23.0 Å². The Hall–Kier alpha value is -1.81. The van der Waals surface area contributed by atoms with E-state index in [0.29, 0.717) is 0 Å². The Balaban J connectivity index is 2.05. The minimum Gasteiger partial charge on any atom is -0.372 e. The average molecular weight is 313 g/mol. The van der Waals surface area contributed by atoms with E-state index in [1.807, 2.05) is 19.1 Å². The summed E-state index contributed by atoms with van der Waals surface area (Å²) in [6.07, 6.45) is 2.49. The molecule has 4 nitrogen and oxygen atoms in total. The highest BCUT2D eigenvalue weighted by Crippen LogP contribution is 2.21. The highest BCUT2D eigenvalue weighted by Gasteiger charge is 2.17. The largest absolute Gasteiger partial charge is 0.372 e. The van der Waals surface area contributed by atoms with Gasteiger partial charge in [-0.25, -0.2) is 0 Å². The summed E-state index contributed by atoms with van der Waals surface area (Å²) < 4.78 is 0. The number of aromatic nitrogens is 1. The molecule has 0 spiro atoms. The van der Waals surface area contributed by atoms with Crippen molar-refractivity contribution >= 4 is 16.6 Å². The van der Waals surface area contributed by atoms with Gasteiger partial charge in [-0.3, -0.25) is 9.69 Å². The zero-order valence-electron chi connectivity index (χ0n) is 14.5. The second kappa shape index (κ2) is 6.75. The fraction of sp³-hybridized carbons (Fsp3) is 0.526. The molecule has 0 aliphatic carbocycles. The summed E-state index contributed by atoms with van der Waals surface area (Å²) in [6, 6.07) is 6.19. The molecule has 1 aliphatic heterocycles. The maximum absolute atomic E-state index is 13.0. The third kappa shape index (κ3) is 3.13. The van der Waals surface area contributed by atoms with Crippen LogP contribution in [0.4, 0.5) is 5.69 Å². The van der Waals surface area contributed by atoms with Crippen LogP contribution < -0.4 is 10.3 Å². The van der Waals surface area contributed by atoms with Crippen molar-refractivity contribution in [1.29, 1.82) is 0 Å². The first-order valence-electron chi connectivity index (χ1n) is 8.76. The molecule has 1 aromatic carbocycles. The summed E-state index contributed by atoms with van der Waals surface area (Å²) in [5.74, 6) is 0. The number of nitrogens with zero attached hydrogens (tertiary/aromatic N) is 2. The first-order valence-corrected chi connectivity index (χ1v) is 8.76. The molecule has 1 fully saturated rings. The standard InChI is InChI=1S/C19H27N3O/c1-4-22(5-2)15-8-9-18-16(12-15)19(23)17(14(3)20-18)13-21-10-6-7-11-21/h8-9,12H,4-7,10-11,13H2,1-3H3,(H,20,23). The topological polar surface area (TPSA) is 39.3 Å². The molecule has 1 N–H and O–H groups in total. The van der Waals surface area contributed by atoms with Crippen LogP contribution >= 0.6 is 0 Å². The van der Waals surface area contributed by atoms with Gasteiger partial charge in [0.25, 0.3) is 0 Å². The molecule has 0 amide bonds. The molecule has 2 aromatic rings. The molecule has 1 aromatic heterocycles. The molecule has 3 rings (SSSR count). The van der Waals surface area contributed by atoms with Crippen molar-refractivity contribution in [2.24, 2.45) is 0 Å². The van der Waals surface area contributed by atoms with Gasteiger partial charge in [0.05, 0.1) is 0 Å². The first kappa shape index (κ1) is 16.1. The first-order chi connectivity index (χ1) is 11.1. The number of aromatic amines is 1. The maximum Gasteiger partial charge on any atom is 0.194 e. The second-order valence-electron chi connectivity index (χ2n) is 6.44. The van der Waals surface area contributed by atoms with E-state index in [0.717, 1.165) is 60.6 Å². The van der Waals surface area contributed by atoms with Gasteiger partial charge >= 0.3 is 0 Å². The van der Waals surface area contributed by atoms with E-state index in [1.165, 1.54) is 12.8 Å². The van der Waals surface area contributed by atoms with Crippen LogP contribution in [0.1, 0.15) is 37.9 Å². The van der Waals surface area contributed by atoms with Crippen LogP contribution in [-0.2, 0) is 6.54 Å². The van der Waals surface area contributed by atoms with Crippen molar-refractivity contribution < 1.29 is 0 Å². The lowest BCUT2D eigenvalue weighted by Crippen LogP contribution is -2.25. The fourth-order valence-corrected chi connectivity index (χ4v) is 3.58. The average Bonchev–Trinajstić information content (AvgIpc) is 3.06. The minimum atomic E-state index is 0.192. The van der Waals surface area contributed by atoms with Gasteiger partial charge in [-0.1, -0.05) is 0 Å². The van der Waals surface area contributed by atoms with E-state index in [2.05, 4.69) is 34.7 Å². The van der Waals surface area contributed by atoms with Crippen molar-refractivity contribution in [3.63, 3.8) is 0 Å². The molecule has 0 atom stereocenters. The Morgan fingerprint density at radius 2 is 1.87 bits per heavy atom. The van der Waals surface area contributed by atoms with Gasteiger partial charge in [0.2, 0.25) is 0 Å². The number of H-pyrrole nitrogens is 1. The Bertz CT molecular complexity index is 740. The molecule has 124 valence electrons. The predicted molar refractivity (Wildman–Crippen MR) is 97.4 cm³/mol. The van der Waals surface area contributed by atoms with Gasteiger partial charge in [-0.2, -0.15) is 0 Å². The Labute approximate surface area is 138 Å². The number of anilines is 1. The van der Waals surface area contributed by atoms with E-state index < -0.39 is 0 Å². The lowest BCUT2D eigenvalue weighted by Gasteiger charge is -2.22. The van der Waals surface area contributed by atoms with Crippen LogP contribution in [0, 0.1) is 6.92 Å². The summed E-state index contributed by atoms with van der Waals surface area (Å²) >= 11 is 0. The molecule has 0 radical (unpaired) electrons. The quantitative estimate of drug-likeness (QED) is 0.921. The number of fused-ring (bicyclic) bond motifs is 1. The third-order valence-electron chi connectivity index (χ3n) is 5.01. The number of nitrogens with one attached hydrogen (secondary N) is 1. The third-order valence-corrected chi connectivity index (χ3v) is 5.01. The van der Waals surface area contributed by atoms with Crippen LogP contribution in [0.5, 0.6) is 0 Å². The maximum atomic E-state index is 13.0. The van der Waals surface area contributed by atoms with Gasteiger partial charge < -0.3 is 9.88 Å². The van der Waals surface area contributed by atoms with Crippen molar-refractivity contribution in [2.45, 2.75) is 40.2 Å². The van der Waals surface area contributed by atoms with E-state index in [-0.39, 0.29) is 5.43 Å². The molecule has 4 heteroatoms. The number of aryl methyl sites for hydroxylation is 1. The SMILES string of the molecule is CCN(CC)c1ccc2[nH]c(C)c(CN3CCCC3)c(=O)c2c1. The molecular weight excluding hydrogens is 286 g/mol. The summed E-state index contributed by atoms with van der Waals surface area (Å²) in [5.41, 5.74) is 4.19. The number of hydrogen-bond donors (Lipinski definition) is 1. The van der Waals surface area contributed by atoms with Gasteiger partial charge in [0.15, 0.2) is 5.43 Å². The normalized spacial score (nSPS) is 15.4. The second-order valence-corrected chi connectivity index (χ2v) is 6.44. The number of benzene rings is 1. The van der Waals surface area contributed by atoms with Gasteiger partial charge in [-0.15, -0.1) is 0 Å². The number of rotatable bonds is 5. The fourth-order valence-electron chi connectivity index (χ4n) is 3.58. The van der Waals surface area contributed by atoms with Crippen molar-refractivity contribution in [1.82, 2.24) is 9.88 Å². The highest BCUT2D eigenvalue weighted by molar-refractivity contribution is 5.83. The van der Waals surface area contributed by atoms with Crippen molar-refractivity contribution in [2.75, 3.05) is 31.1 Å². The van der Waals surface area contributed by atoms with E-state index in [9.17, 15) is 4.79 Å². The molecular formula is C19H27N3O. The van der Waals surface area contributed by atoms with Crippen molar-refractivity contribution in [3.8, 4) is 0 Å². The molecule has 1 aliphatic rings. The van der Waals surface area contributed by atoms with Crippen LogP contribution in [0.25, 0.3) is 10.9 Å². The number of pyridine rings is 1. The Morgan fingerprint density at radius 3 is 2.52 bits per heavy atom. The van der Waals surface area contributed by atoms with Gasteiger partial charge in [0.1, 0.15) is 0 Å². The molecule has 23 heavy (non-hydrogen) atoms. The molecule has 0 bridgehead atoms. The van der Waals surface area contributed by atoms with Gasteiger partial charge in [0, 0.05) is 47.5 Å². The zero-order chi connectivity index (χ0) is 16.4. The van der Waals surface area contributed by atoms with Crippen LogP contribution in [0.3, 0.4) is 0 Å². The number of likely N-dealkylation sites (tertiary alicyclic amines) is 1. The lowest BCUT2D eigenvalue weighted by molar-refractivity contribution is 0.329. The Morgan fingerprint density at radius 1 is 1.17 bits per heavy atom. The summed E-state index contributed by atoms with van der Waals surface area (Å²) in [4.78, 5) is 21.1. The van der Waals surface area contributed by atoms with Gasteiger partial charge in [-0.05, 0) is 64.9 Å². The van der Waals surface area contributed by atoms with Crippen molar-refractivity contribution in [3.05, 3.63) is 39.7 Å². The lowest BCUT2D eigenvalue weighted by atomic mass is 10.1. The Kier molecular flexibility index (Phi) is 4.71. The molecule has 2 heterocycles. The van der Waals surface area contributed by atoms with Crippen LogP contribution in [-0.4, -0.2) is 36.1 Å². The number of hydrogen-bond acceptors (Lipinski definition) is 3. The van der Waals surface area contributed by atoms with Crippen LogP contribution in [0.2, 0.25) is 0 Å². The summed E-state index contributed by atoms with van der Waals surface area (Å²) in [7, 11) is 0. The minimum absolute atomic E-state index is 0.192. The monoisotopic (exact) mass is 313 g/mol. The highest BCUT2D eigenvalue weighted by atomic mass is 16.1. The van der Waals surface area contributed by atoms with E-state index in [4.69, 9.17) is 0 Å². The zero-order valence-corrected chi connectivity index (χ0v) is 14.5. The van der Waals surface area contributed by atoms with E-state index >= 15 is 0 Å². The summed E-state index contributed by atoms with van der Waals surface area (Å²) in [6.45, 7) is 11.2. The molecule has 0 saturated carbocycles. The predicted octanol–water partition coefficient (Wildman–Crippen LogP) is 3.28. The smallest absolute Gasteiger partial charge is 0.194 e. The molecule has 0 unspecified atom stereocenters. The summed E-state index contributed by atoms with van der Waals surface area (Å²) in [5, 5.41) is 0.814. The molecule has 1 saturated heterocycles.